The summed E-state index contributed by atoms with van der Waals surface area (Å²) in [5, 5.41) is 6.74. The number of halogens is 1. The van der Waals surface area contributed by atoms with Crippen molar-refractivity contribution in [3.63, 3.8) is 0 Å². The molecule has 3 amide bonds. The van der Waals surface area contributed by atoms with Gasteiger partial charge in [-0.2, -0.15) is 0 Å². The van der Waals surface area contributed by atoms with Crippen molar-refractivity contribution in [2.75, 3.05) is 25.0 Å². The maximum absolute atomic E-state index is 12.7. The minimum absolute atomic E-state index is 0.0542. The fraction of sp³-hybridized carbons (Fsp3) is 0.500. The van der Waals surface area contributed by atoms with Crippen LogP contribution in [-0.4, -0.2) is 58.4 Å². The SMILES string of the molecule is Cc1ccc(C(=O)Nc2cc(Cl)cc(CN3CCN(C(=O)NC4CC(C)C4)C(C)C3)c2C)cn1. The Morgan fingerprint density at radius 3 is 2.56 bits per heavy atom. The highest BCUT2D eigenvalue weighted by atomic mass is 35.5. The first kappa shape index (κ1) is 24.5. The molecule has 1 aliphatic heterocycles. The molecular formula is C26H34ClN5O2. The highest BCUT2D eigenvalue weighted by Gasteiger charge is 2.32. The molecule has 1 aliphatic carbocycles. The molecule has 2 fully saturated rings. The van der Waals surface area contributed by atoms with Crippen LogP contribution >= 0.6 is 11.6 Å². The van der Waals surface area contributed by atoms with Crippen molar-refractivity contribution < 1.29 is 9.59 Å². The second kappa shape index (κ2) is 10.3. The summed E-state index contributed by atoms with van der Waals surface area (Å²) in [5.74, 6) is 0.502. The van der Waals surface area contributed by atoms with Gasteiger partial charge in [0.25, 0.3) is 5.91 Å². The third-order valence-electron chi connectivity index (χ3n) is 6.97. The average molecular weight is 484 g/mol. The Bertz CT molecular complexity index is 1050. The average Bonchev–Trinajstić information content (AvgIpc) is 2.76. The smallest absolute Gasteiger partial charge is 0.317 e. The molecule has 1 aromatic carbocycles. The lowest BCUT2D eigenvalue weighted by molar-refractivity contribution is 0.0918. The summed E-state index contributed by atoms with van der Waals surface area (Å²) in [4.78, 5) is 33.9. The number of hydrogen-bond donors (Lipinski definition) is 2. The predicted octanol–water partition coefficient (Wildman–Crippen LogP) is 4.62. The molecule has 1 atom stereocenters. The normalized spacial score (nSPS) is 22.7. The van der Waals surface area contributed by atoms with E-state index in [1.807, 2.05) is 30.9 Å². The molecule has 0 radical (unpaired) electrons. The lowest BCUT2D eigenvalue weighted by Crippen LogP contribution is -2.58. The molecule has 7 nitrogen and oxygen atoms in total. The van der Waals surface area contributed by atoms with Gasteiger partial charge in [-0.05, 0) is 74.9 Å². The lowest BCUT2D eigenvalue weighted by atomic mass is 9.82. The number of carbonyl (C=O) groups excluding carboxylic acids is 2. The monoisotopic (exact) mass is 483 g/mol. The molecule has 4 rings (SSSR count). The Morgan fingerprint density at radius 1 is 1.15 bits per heavy atom. The van der Waals surface area contributed by atoms with E-state index in [0.717, 1.165) is 42.8 Å². The molecule has 1 saturated heterocycles. The molecule has 2 aromatic rings. The van der Waals surface area contributed by atoms with Crippen LogP contribution in [0.4, 0.5) is 10.5 Å². The zero-order chi connectivity index (χ0) is 24.4. The van der Waals surface area contributed by atoms with Gasteiger partial charge in [-0.3, -0.25) is 14.7 Å². The molecule has 34 heavy (non-hydrogen) atoms. The summed E-state index contributed by atoms with van der Waals surface area (Å²) in [6.45, 7) is 11.2. The van der Waals surface area contributed by atoms with Gasteiger partial charge in [-0.15, -0.1) is 0 Å². The van der Waals surface area contributed by atoms with E-state index in [2.05, 4.69) is 34.4 Å². The van der Waals surface area contributed by atoms with Gasteiger partial charge in [0.05, 0.1) is 5.56 Å². The van der Waals surface area contributed by atoms with E-state index in [0.29, 0.717) is 41.3 Å². The molecule has 1 unspecified atom stereocenters. The first-order valence-electron chi connectivity index (χ1n) is 12.0. The number of nitrogens with zero attached hydrogens (tertiary/aromatic N) is 3. The van der Waals surface area contributed by atoms with Gasteiger partial charge < -0.3 is 15.5 Å². The third kappa shape index (κ3) is 5.70. The van der Waals surface area contributed by atoms with Crippen molar-refractivity contribution >= 4 is 29.2 Å². The van der Waals surface area contributed by atoms with Crippen molar-refractivity contribution in [1.29, 1.82) is 0 Å². The molecule has 8 heteroatoms. The van der Waals surface area contributed by atoms with Gasteiger partial charge in [0, 0.05) is 60.9 Å². The Balaban J connectivity index is 1.38. The minimum Gasteiger partial charge on any atom is -0.335 e. The maximum atomic E-state index is 12.7. The molecule has 2 heterocycles. The molecular weight excluding hydrogens is 450 g/mol. The fourth-order valence-electron chi connectivity index (χ4n) is 4.82. The molecule has 1 saturated carbocycles. The number of carbonyl (C=O) groups is 2. The van der Waals surface area contributed by atoms with Gasteiger partial charge in [-0.1, -0.05) is 18.5 Å². The van der Waals surface area contributed by atoms with Crippen LogP contribution in [0.1, 0.15) is 53.9 Å². The van der Waals surface area contributed by atoms with Crippen molar-refractivity contribution in [1.82, 2.24) is 20.1 Å². The number of amides is 3. The number of nitrogens with one attached hydrogen (secondary N) is 2. The lowest BCUT2D eigenvalue weighted by Gasteiger charge is -2.42. The summed E-state index contributed by atoms with van der Waals surface area (Å²) in [6.07, 6.45) is 3.73. The van der Waals surface area contributed by atoms with E-state index < -0.39 is 0 Å². The summed E-state index contributed by atoms with van der Waals surface area (Å²) in [5.41, 5.74) is 4.13. The summed E-state index contributed by atoms with van der Waals surface area (Å²) >= 11 is 6.42. The highest BCUT2D eigenvalue weighted by molar-refractivity contribution is 6.31. The van der Waals surface area contributed by atoms with E-state index in [1.54, 1.807) is 18.3 Å². The zero-order valence-corrected chi connectivity index (χ0v) is 21.2. The van der Waals surface area contributed by atoms with E-state index in [9.17, 15) is 9.59 Å². The van der Waals surface area contributed by atoms with Gasteiger partial charge in [0.2, 0.25) is 0 Å². The zero-order valence-electron chi connectivity index (χ0n) is 20.4. The minimum atomic E-state index is -0.210. The van der Waals surface area contributed by atoms with Crippen LogP contribution in [0.2, 0.25) is 5.02 Å². The van der Waals surface area contributed by atoms with Crippen molar-refractivity contribution in [2.24, 2.45) is 5.92 Å². The van der Waals surface area contributed by atoms with E-state index in [4.69, 9.17) is 11.6 Å². The molecule has 182 valence electrons. The topological polar surface area (TPSA) is 77.6 Å². The quantitative estimate of drug-likeness (QED) is 0.650. The van der Waals surface area contributed by atoms with Crippen LogP contribution in [0.25, 0.3) is 0 Å². The summed E-state index contributed by atoms with van der Waals surface area (Å²) in [6, 6.07) is 7.83. The second-order valence-electron chi connectivity index (χ2n) is 9.88. The highest BCUT2D eigenvalue weighted by Crippen LogP contribution is 2.28. The predicted molar refractivity (Wildman–Crippen MR) is 135 cm³/mol. The first-order valence-corrected chi connectivity index (χ1v) is 12.4. The van der Waals surface area contributed by atoms with Crippen LogP contribution in [0.15, 0.2) is 30.5 Å². The van der Waals surface area contributed by atoms with Crippen molar-refractivity contribution in [2.45, 2.75) is 59.2 Å². The van der Waals surface area contributed by atoms with Crippen LogP contribution in [0.5, 0.6) is 0 Å². The Kier molecular flexibility index (Phi) is 7.43. The van der Waals surface area contributed by atoms with Crippen LogP contribution in [0, 0.1) is 19.8 Å². The first-order chi connectivity index (χ1) is 16.2. The Labute approximate surface area is 206 Å². The van der Waals surface area contributed by atoms with Crippen molar-refractivity contribution in [3.05, 3.63) is 57.9 Å². The molecule has 2 N–H and O–H groups in total. The van der Waals surface area contributed by atoms with Crippen molar-refractivity contribution in [3.8, 4) is 0 Å². The van der Waals surface area contributed by atoms with Gasteiger partial charge in [-0.25, -0.2) is 4.79 Å². The summed E-state index contributed by atoms with van der Waals surface area (Å²) in [7, 11) is 0. The van der Waals surface area contributed by atoms with E-state index >= 15 is 0 Å². The molecule has 0 bridgehead atoms. The maximum Gasteiger partial charge on any atom is 0.317 e. The number of rotatable bonds is 5. The largest absolute Gasteiger partial charge is 0.335 e. The van der Waals surface area contributed by atoms with Crippen LogP contribution < -0.4 is 10.6 Å². The Hall–Kier alpha value is -2.64. The summed E-state index contributed by atoms with van der Waals surface area (Å²) < 4.78 is 0. The second-order valence-corrected chi connectivity index (χ2v) is 10.3. The molecule has 0 spiro atoms. The van der Waals surface area contributed by atoms with Gasteiger partial charge in [0.1, 0.15) is 0 Å². The van der Waals surface area contributed by atoms with Crippen LogP contribution in [0.3, 0.4) is 0 Å². The number of aryl methyl sites for hydroxylation is 1. The van der Waals surface area contributed by atoms with E-state index in [-0.39, 0.29) is 18.0 Å². The Morgan fingerprint density at radius 2 is 1.91 bits per heavy atom. The van der Waals surface area contributed by atoms with E-state index in [1.165, 1.54) is 0 Å². The molecule has 1 aromatic heterocycles. The van der Waals surface area contributed by atoms with Gasteiger partial charge in [0.15, 0.2) is 0 Å². The van der Waals surface area contributed by atoms with Crippen LogP contribution in [-0.2, 0) is 6.54 Å². The number of benzene rings is 1. The fourth-order valence-corrected chi connectivity index (χ4v) is 5.06. The third-order valence-corrected chi connectivity index (χ3v) is 7.19. The number of pyridine rings is 1. The number of aromatic nitrogens is 1. The number of hydrogen-bond acceptors (Lipinski definition) is 4. The number of piperazine rings is 1. The number of urea groups is 1. The number of anilines is 1. The standard InChI is InChI=1S/C26H34ClN5O2/c1-16-9-23(10-16)29-26(34)32-8-7-31(14-18(32)3)15-21-11-22(27)12-24(19(21)4)30-25(33)20-6-5-17(2)28-13-20/h5-6,11-13,16,18,23H,7-10,14-15H2,1-4H3,(H,29,34)(H,30,33). The molecule has 2 aliphatic rings. The van der Waals surface area contributed by atoms with Gasteiger partial charge >= 0.3 is 6.03 Å².